The van der Waals surface area contributed by atoms with Crippen molar-refractivity contribution in [3.8, 4) is 0 Å². The summed E-state index contributed by atoms with van der Waals surface area (Å²) in [5, 5.41) is 3.00. The molecule has 1 fully saturated rings. The monoisotopic (exact) mass is 295 g/mol. The van der Waals surface area contributed by atoms with Crippen LogP contribution in [-0.4, -0.2) is 24.0 Å². The fourth-order valence-electron chi connectivity index (χ4n) is 2.88. The lowest BCUT2D eigenvalue weighted by atomic mass is 10.1. The fraction of sp³-hybridized carbons (Fsp3) is 0.333. The number of nitrogens with zero attached hydrogens (tertiary/aromatic N) is 2. The Labute approximate surface area is 131 Å². The first kappa shape index (κ1) is 14.6. The molecule has 3 rings (SSSR count). The number of carbonyl (C=O) groups excluding carboxylic acids is 1. The predicted molar refractivity (Wildman–Crippen MR) is 87.9 cm³/mol. The van der Waals surface area contributed by atoms with Gasteiger partial charge in [0.2, 0.25) is 0 Å². The number of anilines is 1. The normalized spacial score (nSPS) is 14.6. The lowest BCUT2D eigenvalue weighted by Gasteiger charge is -2.30. The standard InChI is InChI=1S/C18H21N3O/c22-18(15-8-10-19-11-9-15)20-14-16-6-2-3-7-17(16)21-12-4-1-5-13-21/h2-3,6-11H,1,4-5,12-14H2,(H,20,22). The zero-order valence-corrected chi connectivity index (χ0v) is 12.7. The summed E-state index contributed by atoms with van der Waals surface area (Å²) >= 11 is 0. The van der Waals surface area contributed by atoms with E-state index in [1.54, 1.807) is 24.5 Å². The van der Waals surface area contributed by atoms with E-state index in [0.29, 0.717) is 12.1 Å². The molecule has 4 nitrogen and oxygen atoms in total. The number of pyridine rings is 1. The number of aromatic nitrogens is 1. The molecule has 0 aliphatic carbocycles. The van der Waals surface area contributed by atoms with E-state index >= 15 is 0 Å². The minimum Gasteiger partial charge on any atom is -0.371 e. The summed E-state index contributed by atoms with van der Waals surface area (Å²) in [5.74, 6) is -0.0594. The van der Waals surface area contributed by atoms with E-state index in [-0.39, 0.29) is 5.91 Å². The van der Waals surface area contributed by atoms with Gasteiger partial charge in [-0.05, 0) is 43.0 Å². The van der Waals surface area contributed by atoms with Crippen LogP contribution in [0.15, 0.2) is 48.8 Å². The first-order valence-electron chi connectivity index (χ1n) is 7.86. The van der Waals surface area contributed by atoms with Crippen LogP contribution in [0.4, 0.5) is 5.69 Å². The molecule has 0 bridgehead atoms. The lowest BCUT2D eigenvalue weighted by molar-refractivity contribution is 0.0951. The first-order chi connectivity index (χ1) is 10.8. The van der Waals surface area contributed by atoms with Gasteiger partial charge in [-0.2, -0.15) is 0 Å². The average Bonchev–Trinajstić information content (AvgIpc) is 2.61. The molecule has 0 saturated carbocycles. The van der Waals surface area contributed by atoms with Crippen LogP contribution in [0, 0.1) is 0 Å². The van der Waals surface area contributed by atoms with Crippen LogP contribution in [0.1, 0.15) is 35.2 Å². The molecule has 0 unspecified atom stereocenters. The highest BCUT2D eigenvalue weighted by atomic mass is 16.1. The first-order valence-corrected chi connectivity index (χ1v) is 7.86. The molecule has 114 valence electrons. The molecule has 2 aromatic rings. The summed E-state index contributed by atoms with van der Waals surface area (Å²) in [5.41, 5.74) is 3.06. The molecule has 4 heteroatoms. The summed E-state index contributed by atoms with van der Waals surface area (Å²) in [6.07, 6.45) is 7.08. The van der Waals surface area contributed by atoms with Crippen molar-refractivity contribution < 1.29 is 4.79 Å². The van der Waals surface area contributed by atoms with E-state index in [9.17, 15) is 4.79 Å². The van der Waals surface area contributed by atoms with Gasteiger partial charge in [0.15, 0.2) is 0 Å². The van der Waals surface area contributed by atoms with Crippen LogP contribution >= 0.6 is 0 Å². The van der Waals surface area contributed by atoms with Gasteiger partial charge in [0.1, 0.15) is 0 Å². The van der Waals surface area contributed by atoms with Crippen molar-refractivity contribution in [1.82, 2.24) is 10.3 Å². The number of hydrogen-bond donors (Lipinski definition) is 1. The van der Waals surface area contributed by atoms with Crippen LogP contribution < -0.4 is 10.2 Å². The van der Waals surface area contributed by atoms with Gasteiger partial charge in [-0.25, -0.2) is 0 Å². The Morgan fingerprint density at radius 2 is 1.77 bits per heavy atom. The topological polar surface area (TPSA) is 45.2 Å². The molecule has 1 aliphatic rings. The molecule has 0 spiro atoms. The molecule has 0 atom stereocenters. The molecule has 1 aliphatic heterocycles. The smallest absolute Gasteiger partial charge is 0.251 e. The molecular weight excluding hydrogens is 274 g/mol. The number of amides is 1. The molecule has 1 aromatic carbocycles. The molecule has 1 amide bonds. The molecule has 1 saturated heterocycles. The van der Waals surface area contributed by atoms with E-state index in [2.05, 4.69) is 33.4 Å². The van der Waals surface area contributed by atoms with Gasteiger partial charge in [-0.1, -0.05) is 18.2 Å². The number of hydrogen-bond acceptors (Lipinski definition) is 3. The lowest BCUT2D eigenvalue weighted by Crippen LogP contribution is -2.31. The number of para-hydroxylation sites is 1. The van der Waals surface area contributed by atoms with E-state index in [4.69, 9.17) is 0 Å². The highest BCUT2D eigenvalue weighted by molar-refractivity contribution is 5.94. The number of piperidine rings is 1. The van der Waals surface area contributed by atoms with Crippen LogP contribution in [0.5, 0.6) is 0 Å². The van der Waals surface area contributed by atoms with Gasteiger partial charge < -0.3 is 10.2 Å². The predicted octanol–water partition coefficient (Wildman–Crippen LogP) is 3.00. The van der Waals surface area contributed by atoms with Crippen molar-refractivity contribution in [2.24, 2.45) is 0 Å². The van der Waals surface area contributed by atoms with Crippen molar-refractivity contribution in [2.45, 2.75) is 25.8 Å². The molecule has 22 heavy (non-hydrogen) atoms. The van der Waals surface area contributed by atoms with E-state index in [1.807, 2.05) is 6.07 Å². The molecule has 0 radical (unpaired) electrons. The largest absolute Gasteiger partial charge is 0.371 e. The Bertz CT molecular complexity index is 621. The second-order valence-corrected chi connectivity index (χ2v) is 5.59. The Hall–Kier alpha value is -2.36. The van der Waals surface area contributed by atoms with E-state index in [1.165, 1.54) is 30.5 Å². The Kier molecular flexibility index (Phi) is 4.68. The van der Waals surface area contributed by atoms with Crippen LogP contribution in [0.3, 0.4) is 0 Å². The van der Waals surface area contributed by atoms with Gasteiger partial charge in [0.25, 0.3) is 5.91 Å². The molecule has 1 aromatic heterocycles. The zero-order chi connectivity index (χ0) is 15.2. The second kappa shape index (κ2) is 7.07. The Morgan fingerprint density at radius 3 is 2.55 bits per heavy atom. The minimum atomic E-state index is -0.0594. The molecule has 1 N–H and O–H groups in total. The van der Waals surface area contributed by atoms with Crippen LogP contribution in [0.2, 0.25) is 0 Å². The van der Waals surface area contributed by atoms with Crippen LogP contribution in [-0.2, 0) is 6.54 Å². The van der Waals surface area contributed by atoms with Crippen molar-refractivity contribution in [1.29, 1.82) is 0 Å². The zero-order valence-electron chi connectivity index (χ0n) is 12.7. The fourth-order valence-corrected chi connectivity index (χ4v) is 2.88. The number of benzene rings is 1. The quantitative estimate of drug-likeness (QED) is 0.943. The highest BCUT2D eigenvalue weighted by Crippen LogP contribution is 2.24. The number of carbonyl (C=O) groups is 1. The summed E-state index contributed by atoms with van der Waals surface area (Å²) in [7, 11) is 0. The summed E-state index contributed by atoms with van der Waals surface area (Å²) in [4.78, 5) is 18.5. The summed E-state index contributed by atoms with van der Waals surface area (Å²) in [6.45, 7) is 2.76. The number of nitrogens with one attached hydrogen (secondary N) is 1. The Balaban J connectivity index is 1.69. The van der Waals surface area contributed by atoms with Crippen LogP contribution in [0.25, 0.3) is 0 Å². The van der Waals surface area contributed by atoms with Gasteiger partial charge in [-0.3, -0.25) is 9.78 Å². The molecule has 2 heterocycles. The van der Waals surface area contributed by atoms with Crippen molar-refractivity contribution in [3.05, 3.63) is 59.9 Å². The highest BCUT2D eigenvalue weighted by Gasteiger charge is 2.14. The number of rotatable bonds is 4. The van der Waals surface area contributed by atoms with Gasteiger partial charge in [0, 0.05) is 43.3 Å². The third-order valence-electron chi connectivity index (χ3n) is 4.07. The van der Waals surface area contributed by atoms with E-state index in [0.717, 1.165) is 13.1 Å². The molecular formula is C18H21N3O. The SMILES string of the molecule is O=C(NCc1ccccc1N1CCCCC1)c1ccncc1. The van der Waals surface area contributed by atoms with Crippen molar-refractivity contribution in [3.63, 3.8) is 0 Å². The van der Waals surface area contributed by atoms with Gasteiger partial charge in [0.05, 0.1) is 0 Å². The maximum absolute atomic E-state index is 12.2. The second-order valence-electron chi connectivity index (χ2n) is 5.59. The summed E-state index contributed by atoms with van der Waals surface area (Å²) in [6, 6.07) is 11.8. The third kappa shape index (κ3) is 3.45. The summed E-state index contributed by atoms with van der Waals surface area (Å²) < 4.78 is 0. The third-order valence-corrected chi connectivity index (χ3v) is 4.07. The van der Waals surface area contributed by atoms with Gasteiger partial charge >= 0.3 is 0 Å². The minimum absolute atomic E-state index is 0.0594. The van der Waals surface area contributed by atoms with E-state index < -0.39 is 0 Å². The van der Waals surface area contributed by atoms with Gasteiger partial charge in [-0.15, -0.1) is 0 Å². The average molecular weight is 295 g/mol. The van der Waals surface area contributed by atoms with Crippen molar-refractivity contribution >= 4 is 11.6 Å². The maximum atomic E-state index is 12.2. The Morgan fingerprint density at radius 1 is 1.05 bits per heavy atom. The maximum Gasteiger partial charge on any atom is 0.251 e. The van der Waals surface area contributed by atoms with Crippen molar-refractivity contribution in [2.75, 3.05) is 18.0 Å².